The number of urea groups is 1. The highest BCUT2D eigenvalue weighted by Gasteiger charge is 2.26. The fraction of sp³-hybridized carbons (Fsp3) is 0.611. The maximum Gasteiger partial charge on any atom is 0.322 e. The molecule has 2 amide bonds. The molecule has 1 N–H and O–H groups in total. The molecule has 1 fully saturated rings. The Morgan fingerprint density at radius 3 is 2.67 bits per heavy atom. The van der Waals surface area contributed by atoms with Crippen molar-refractivity contribution >= 4 is 17.4 Å². The lowest BCUT2D eigenvalue weighted by Gasteiger charge is -2.37. The number of hydrogen-bond donors (Lipinski definition) is 1. The zero-order valence-electron chi connectivity index (χ0n) is 15.3. The lowest BCUT2D eigenvalue weighted by molar-refractivity contribution is 0.108. The first-order valence-corrected chi connectivity index (χ1v) is 8.53. The van der Waals surface area contributed by atoms with Crippen LogP contribution in [0.2, 0.25) is 0 Å². The Balaban J connectivity index is 2.05. The molecule has 1 aromatic carbocycles. The smallest absolute Gasteiger partial charge is 0.322 e. The number of nitrogens with zero attached hydrogens (tertiary/aromatic N) is 3. The van der Waals surface area contributed by atoms with Gasteiger partial charge in [-0.25, -0.2) is 4.79 Å². The van der Waals surface area contributed by atoms with Crippen molar-refractivity contribution in [3.05, 3.63) is 24.3 Å². The number of nitrogens with one attached hydrogen (secondary N) is 1. The van der Waals surface area contributed by atoms with Crippen LogP contribution in [0.15, 0.2) is 24.3 Å². The second-order valence-corrected chi connectivity index (χ2v) is 6.60. The Bertz CT molecular complexity index is 528. The van der Waals surface area contributed by atoms with Crippen LogP contribution in [0.4, 0.5) is 16.2 Å². The highest BCUT2D eigenvalue weighted by molar-refractivity contribution is 5.90. The van der Waals surface area contributed by atoms with Crippen molar-refractivity contribution in [2.75, 3.05) is 64.7 Å². The summed E-state index contributed by atoms with van der Waals surface area (Å²) >= 11 is 0. The zero-order valence-corrected chi connectivity index (χ0v) is 15.3. The third kappa shape index (κ3) is 5.11. The van der Waals surface area contributed by atoms with Gasteiger partial charge in [-0.15, -0.1) is 0 Å². The average molecular weight is 334 g/mol. The Morgan fingerprint density at radius 1 is 1.33 bits per heavy atom. The molecule has 0 saturated carbocycles. The van der Waals surface area contributed by atoms with E-state index < -0.39 is 0 Å². The molecule has 0 bridgehead atoms. The molecule has 1 aliphatic heterocycles. The Labute approximate surface area is 145 Å². The van der Waals surface area contributed by atoms with Crippen LogP contribution >= 0.6 is 0 Å². The SMILES string of the molecule is COCCN(C(=O)Nc1cccc(N(C)C)c1)C1CCN(C)CC1. The first-order chi connectivity index (χ1) is 11.5. The summed E-state index contributed by atoms with van der Waals surface area (Å²) in [6.07, 6.45) is 2.01. The number of piperidine rings is 1. The van der Waals surface area contributed by atoms with Crippen LogP contribution < -0.4 is 10.2 Å². The third-order valence-electron chi connectivity index (χ3n) is 4.54. The van der Waals surface area contributed by atoms with Crippen LogP contribution in [0.25, 0.3) is 0 Å². The van der Waals surface area contributed by atoms with E-state index in [1.165, 1.54) is 0 Å². The van der Waals surface area contributed by atoms with E-state index in [1.807, 2.05) is 48.2 Å². The fourth-order valence-electron chi connectivity index (χ4n) is 3.00. The fourth-order valence-corrected chi connectivity index (χ4v) is 3.00. The number of ether oxygens (including phenoxy) is 1. The van der Waals surface area contributed by atoms with Gasteiger partial charge in [-0.2, -0.15) is 0 Å². The Hall–Kier alpha value is -1.79. The molecule has 0 aliphatic carbocycles. The van der Waals surface area contributed by atoms with Crippen LogP contribution in [0.5, 0.6) is 0 Å². The van der Waals surface area contributed by atoms with Gasteiger partial charge in [0.25, 0.3) is 0 Å². The minimum Gasteiger partial charge on any atom is -0.383 e. The molecule has 6 nitrogen and oxygen atoms in total. The minimum absolute atomic E-state index is 0.0440. The van der Waals surface area contributed by atoms with Crippen molar-refractivity contribution in [1.29, 1.82) is 0 Å². The van der Waals surface area contributed by atoms with Crippen molar-refractivity contribution in [2.24, 2.45) is 0 Å². The van der Waals surface area contributed by atoms with Gasteiger partial charge in [-0.1, -0.05) is 6.07 Å². The minimum atomic E-state index is -0.0440. The summed E-state index contributed by atoms with van der Waals surface area (Å²) in [4.78, 5) is 19.1. The predicted molar refractivity (Wildman–Crippen MR) is 98.9 cm³/mol. The molecule has 134 valence electrons. The van der Waals surface area contributed by atoms with Gasteiger partial charge < -0.3 is 24.8 Å². The second kappa shape index (κ2) is 8.89. The lowest BCUT2D eigenvalue weighted by atomic mass is 10.0. The molecule has 6 heteroatoms. The maximum absolute atomic E-state index is 12.8. The van der Waals surface area contributed by atoms with Crippen LogP contribution in [0.3, 0.4) is 0 Å². The number of anilines is 2. The number of hydrogen-bond acceptors (Lipinski definition) is 4. The number of methoxy groups -OCH3 is 1. The summed E-state index contributed by atoms with van der Waals surface area (Å²) in [7, 11) is 7.78. The number of carbonyl (C=O) groups is 1. The molecule has 0 unspecified atom stereocenters. The number of benzene rings is 1. The molecular formula is C18H30N4O2. The third-order valence-corrected chi connectivity index (χ3v) is 4.54. The van der Waals surface area contributed by atoms with Crippen molar-refractivity contribution in [3.8, 4) is 0 Å². The van der Waals surface area contributed by atoms with E-state index in [-0.39, 0.29) is 12.1 Å². The molecule has 1 saturated heterocycles. The van der Waals surface area contributed by atoms with Crippen molar-refractivity contribution in [1.82, 2.24) is 9.80 Å². The summed E-state index contributed by atoms with van der Waals surface area (Å²) < 4.78 is 5.20. The number of carbonyl (C=O) groups excluding carboxylic acids is 1. The molecule has 24 heavy (non-hydrogen) atoms. The van der Waals surface area contributed by atoms with Gasteiger partial charge in [0.2, 0.25) is 0 Å². The van der Waals surface area contributed by atoms with E-state index in [0.717, 1.165) is 37.3 Å². The highest BCUT2D eigenvalue weighted by atomic mass is 16.5. The molecular weight excluding hydrogens is 304 g/mol. The Kier molecular flexibility index (Phi) is 6.87. The van der Waals surface area contributed by atoms with Gasteiger partial charge in [0.05, 0.1) is 6.61 Å². The van der Waals surface area contributed by atoms with Gasteiger partial charge >= 0.3 is 6.03 Å². The molecule has 0 aromatic heterocycles. The van der Waals surface area contributed by atoms with Crippen molar-refractivity contribution in [2.45, 2.75) is 18.9 Å². The quantitative estimate of drug-likeness (QED) is 0.867. The van der Waals surface area contributed by atoms with Crippen LogP contribution in [-0.4, -0.2) is 76.4 Å². The monoisotopic (exact) mass is 334 g/mol. The van der Waals surface area contributed by atoms with Gasteiger partial charge in [0, 0.05) is 45.2 Å². The highest BCUT2D eigenvalue weighted by Crippen LogP contribution is 2.20. The van der Waals surface area contributed by atoms with Gasteiger partial charge in [0.1, 0.15) is 0 Å². The zero-order chi connectivity index (χ0) is 17.5. The summed E-state index contributed by atoms with van der Waals surface area (Å²) in [6.45, 7) is 3.22. The second-order valence-electron chi connectivity index (χ2n) is 6.60. The van der Waals surface area contributed by atoms with E-state index in [0.29, 0.717) is 13.2 Å². The van der Waals surface area contributed by atoms with E-state index in [4.69, 9.17) is 4.74 Å². The number of likely N-dealkylation sites (tertiary alicyclic amines) is 1. The predicted octanol–water partition coefficient (Wildman–Crippen LogP) is 2.33. The van der Waals surface area contributed by atoms with Gasteiger partial charge in [0.15, 0.2) is 0 Å². The van der Waals surface area contributed by atoms with Crippen molar-refractivity contribution in [3.63, 3.8) is 0 Å². The standard InChI is InChI=1S/C18H30N4O2/c1-20(2)17-7-5-6-15(14-17)19-18(23)22(12-13-24-4)16-8-10-21(3)11-9-16/h5-7,14,16H,8-13H2,1-4H3,(H,19,23). The number of rotatable bonds is 6. The van der Waals surface area contributed by atoms with Gasteiger partial charge in [-0.3, -0.25) is 0 Å². The Morgan fingerprint density at radius 2 is 2.04 bits per heavy atom. The average Bonchev–Trinajstić information content (AvgIpc) is 2.57. The molecule has 1 heterocycles. The van der Waals surface area contributed by atoms with Crippen LogP contribution in [0.1, 0.15) is 12.8 Å². The maximum atomic E-state index is 12.8. The normalized spacial score (nSPS) is 16.0. The van der Waals surface area contributed by atoms with E-state index in [2.05, 4.69) is 17.3 Å². The largest absolute Gasteiger partial charge is 0.383 e. The summed E-state index contributed by atoms with van der Waals surface area (Å²) in [5.74, 6) is 0. The van der Waals surface area contributed by atoms with Crippen LogP contribution in [-0.2, 0) is 4.74 Å². The summed E-state index contributed by atoms with van der Waals surface area (Å²) in [5, 5.41) is 3.05. The molecule has 0 spiro atoms. The van der Waals surface area contributed by atoms with E-state index in [9.17, 15) is 4.79 Å². The van der Waals surface area contributed by atoms with Crippen LogP contribution in [0, 0.1) is 0 Å². The first-order valence-electron chi connectivity index (χ1n) is 8.53. The molecule has 1 aliphatic rings. The van der Waals surface area contributed by atoms with E-state index >= 15 is 0 Å². The first kappa shape index (κ1) is 18.5. The lowest BCUT2D eigenvalue weighted by Crippen LogP contribution is -2.49. The topological polar surface area (TPSA) is 48.1 Å². The van der Waals surface area contributed by atoms with Gasteiger partial charge in [-0.05, 0) is 51.2 Å². The van der Waals surface area contributed by atoms with Crippen molar-refractivity contribution < 1.29 is 9.53 Å². The van der Waals surface area contributed by atoms with E-state index in [1.54, 1.807) is 7.11 Å². The molecule has 0 atom stereocenters. The molecule has 0 radical (unpaired) electrons. The molecule has 2 rings (SSSR count). The summed E-state index contributed by atoms with van der Waals surface area (Å²) in [6, 6.07) is 8.12. The molecule has 1 aromatic rings. The summed E-state index contributed by atoms with van der Waals surface area (Å²) in [5.41, 5.74) is 1.89. The number of amides is 2.